The van der Waals surface area contributed by atoms with E-state index in [1.807, 2.05) is 12.2 Å². The Labute approximate surface area is 316 Å². The largest absolute Gasteiger partial charge is 0.550 e. The Morgan fingerprint density at radius 3 is 0.923 bits per heavy atom. The van der Waals surface area contributed by atoms with E-state index in [0.29, 0.717) is 11.1 Å². The van der Waals surface area contributed by atoms with Crippen molar-refractivity contribution in [2.75, 3.05) is 39.3 Å². The lowest BCUT2D eigenvalue weighted by Gasteiger charge is -2.37. The highest BCUT2D eigenvalue weighted by atomic mass is 16.4. The van der Waals surface area contributed by atoms with Crippen LogP contribution in [0.25, 0.3) is 0 Å². The number of carboxylic acid groups (broad SMARTS) is 2. The highest BCUT2D eigenvalue weighted by Crippen LogP contribution is 2.23. The van der Waals surface area contributed by atoms with Gasteiger partial charge in [0.1, 0.15) is 13.1 Å². The van der Waals surface area contributed by atoms with E-state index in [1.54, 1.807) is 0 Å². The number of quaternary nitrogens is 2. The molecule has 298 valence electrons. The first-order chi connectivity index (χ1) is 24.8. The summed E-state index contributed by atoms with van der Waals surface area (Å²) in [5.74, 6) is -2.81. The van der Waals surface area contributed by atoms with Crippen LogP contribution in [0.4, 0.5) is 0 Å². The molecule has 0 aliphatic carbocycles. The molecule has 4 N–H and O–H groups in total. The summed E-state index contributed by atoms with van der Waals surface area (Å²) in [6, 6.07) is 0. The molecule has 0 bridgehead atoms. The Bertz CT molecular complexity index is 1050. The Balaban J connectivity index is 0.00000293. The summed E-state index contributed by atoms with van der Waals surface area (Å²) < 4.78 is 1.91. The zero-order valence-electron chi connectivity index (χ0n) is 33.3. The minimum Gasteiger partial charge on any atom is -0.550 e. The summed E-state index contributed by atoms with van der Waals surface area (Å²) >= 11 is 0. The maximum atomic E-state index is 11.7. The molecule has 10 nitrogen and oxygen atoms in total. The van der Waals surface area contributed by atoms with Crippen LogP contribution in [0.2, 0.25) is 0 Å². The van der Waals surface area contributed by atoms with Crippen molar-refractivity contribution in [1.29, 1.82) is 0 Å². The first kappa shape index (κ1) is 48.8. The predicted octanol–water partition coefficient (Wildman–Crippen LogP) is 5.85. The van der Waals surface area contributed by atoms with Crippen molar-refractivity contribution in [3.8, 4) is 0 Å². The molecule has 2 unspecified atom stereocenters. The zero-order chi connectivity index (χ0) is 39.1. The fourth-order valence-electron chi connectivity index (χ4n) is 6.88. The van der Waals surface area contributed by atoms with Gasteiger partial charge < -0.3 is 31.3 Å². The number of amides is 2. The van der Waals surface area contributed by atoms with Gasteiger partial charge in [-0.25, -0.2) is 0 Å². The summed E-state index contributed by atoms with van der Waals surface area (Å²) in [6.07, 6.45) is 38.7. The molecule has 0 aromatic carbocycles. The number of aliphatic carboxylic acids is 2. The standard InChI is InChI=1S/C38H66N4O2.2C2H4O2/c1-3-5-7-9-11-13-15-19-27-41(31-23-35(24-32-41)37(39)43)29-21-17-18-22-30-42(33-25-36(26-34-42)38(40)44)28-20-16-14-12-10-8-6-4-2;2*1-2(3)4/h23-26,31,33H,3-22,27-30,32,34H2,1-2H3,(H2-2,39,40,43,44);2*1H3,(H,3,4). The minimum atomic E-state index is -1.08. The molecule has 10 heteroatoms. The van der Waals surface area contributed by atoms with Crippen molar-refractivity contribution in [2.24, 2.45) is 11.5 Å². The van der Waals surface area contributed by atoms with Crippen LogP contribution in [0.3, 0.4) is 0 Å². The molecule has 0 spiro atoms. The average molecular weight is 731 g/mol. The second-order valence-corrected chi connectivity index (χ2v) is 14.7. The maximum Gasteiger partial charge on any atom is 0.248 e. The van der Waals surface area contributed by atoms with Crippen molar-refractivity contribution in [1.82, 2.24) is 0 Å². The highest BCUT2D eigenvalue weighted by molar-refractivity contribution is 5.95. The maximum absolute atomic E-state index is 11.7. The van der Waals surface area contributed by atoms with Crippen LogP contribution in [0, 0.1) is 0 Å². The van der Waals surface area contributed by atoms with E-state index in [-0.39, 0.29) is 11.8 Å². The first-order valence-corrected chi connectivity index (χ1v) is 20.3. The van der Waals surface area contributed by atoms with Gasteiger partial charge in [0, 0.05) is 35.2 Å². The molecular weight excluding hydrogens is 656 g/mol. The molecule has 0 aromatic heterocycles. The predicted molar refractivity (Wildman–Crippen MR) is 208 cm³/mol. The number of hydrogen-bond donors (Lipinski definition) is 2. The van der Waals surface area contributed by atoms with Crippen molar-refractivity contribution >= 4 is 23.8 Å². The quantitative estimate of drug-likeness (QED) is 0.0795. The van der Waals surface area contributed by atoms with Gasteiger partial charge >= 0.3 is 0 Å². The molecule has 2 rings (SSSR count). The van der Waals surface area contributed by atoms with E-state index in [0.717, 1.165) is 62.1 Å². The zero-order valence-corrected chi connectivity index (χ0v) is 33.3. The lowest BCUT2D eigenvalue weighted by molar-refractivity contribution is -0.875. The van der Waals surface area contributed by atoms with E-state index in [1.165, 1.54) is 128 Å². The molecule has 2 aliphatic rings. The topological polar surface area (TPSA) is 166 Å². The van der Waals surface area contributed by atoms with Crippen LogP contribution < -0.4 is 21.7 Å². The van der Waals surface area contributed by atoms with E-state index in [4.69, 9.17) is 31.3 Å². The summed E-state index contributed by atoms with van der Waals surface area (Å²) in [7, 11) is 0. The van der Waals surface area contributed by atoms with E-state index in [9.17, 15) is 9.59 Å². The SMILES string of the molecule is CC(=O)[O-].CC(=O)[O-].CCCCCCCCCC[N+]1(CCCCCC[N+]2(CCCCCCCCCC)C=CC(C(N)=O)=CC2)C=CC(C(N)=O)=CC1. The van der Waals surface area contributed by atoms with Gasteiger partial charge in [-0.1, -0.05) is 90.9 Å². The average Bonchev–Trinajstić information content (AvgIpc) is 3.09. The van der Waals surface area contributed by atoms with Crippen LogP contribution in [0.5, 0.6) is 0 Å². The van der Waals surface area contributed by atoms with Gasteiger partial charge in [-0.3, -0.25) is 18.6 Å². The van der Waals surface area contributed by atoms with Crippen molar-refractivity contribution in [3.05, 3.63) is 47.9 Å². The molecule has 0 fully saturated rings. The normalized spacial score (nSPS) is 19.0. The van der Waals surface area contributed by atoms with Gasteiger partial charge in [-0.2, -0.15) is 0 Å². The van der Waals surface area contributed by atoms with Crippen molar-refractivity contribution in [3.63, 3.8) is 0 Å². The molecule has 0 saturated carbocycles. The van der Waals surface area contributed by atoms with Crippen molar-refractivity contribution in [2.45, 2.75) is 156 Å². The van der Waals surface area contributed by atoms with Crippen molar-refractivity contribution < 1.29 is 38.4 Å². The number of primary amides is 2. The molecule has 0 saturated heterocycles. The molecular formula is C42H74N4O6. The van der Waals surface area contributed by atoms with Gasteiger partial charge in [0.05, 0.1) is 38.6 Å². The fourth-order valence-corrected chi connectivity index (χ4v) is 6.88. The molecule has 52 heavy (non-hydrogen) atoms. The van der Waals surface area contributed by atoms with Crippen LogP contribution in [0.15, 0.2) is 47.9 Å². The minimum absolute atomic E-state index is 0.320. The van der Waals surface area contributed by atoms with Crippen LogP contribution in [0.1, 0.15) is 156 Å². The summed E-state index contributed by atoms with van der Waals surface area (Å²) in [6.45, 7) is 12.8. The number of carbonyl (C=O) groups excluding carboxylic acids is 4. The number of unbranched alkanes of at least 4 members (excludes halogenated alkanes) is 17. The molecule has 2 aliphatic heterocycles. The van der Waals surface area contributed by atoms with Gasteiger partial charge in [-0.15, -0.1) is 0 Å². The lowest BCUT2D eigenvalue weighted by Crippen LogP contribution is -2.46. The second kappa shape index (κ2) is 30.2. The number of carbonyl (C=O) groups is 4. The van der Waals surface area contributed by atoms with Crippen LogP contribution in [-0.2, 0) is 19.2 Å². The van der Waals surface area contributed by atoms with Crippen LogP contribution in [-0.4, -0.2) is 72.0 Å². The Kier molecular flexibility index (Phi) is 28.4. The number of hydrogen-bond acceptors (Lipinski definition) is 6. The number of carboxylic acids is 2. The first-order valence-electron chi connectivity index (χ1n) is 20.3. The highest BCUT2D eigenvalue weighted by Gasteiger charge is 2.28. The second-order valence-electron chi connectivity index (χ2n) is 14.7. The summed E-state index contributed by atoms with van der Waals surface area (Å²) in [5.41, 5.74) is 12.4. The molecule has 2 atom stereocenters. The number of rotatable bonds is 27. The molecule has 0 radical (unpaired) electrons. The van der Waals surface area contributed by atoms with Crippen LogP contribution >= 0.6 is 0 Å². The van der Waals surface area contributed by atoms with E-state index >= 15 is 0 Å². The third-order valence-corrected chi connectivity index (χ3v) is 9.93. The monoisotopic (exact) mass is 731 g/mol. The van der Waals surface area contributed by atoms with Gasteiger partial charge in [0.25, 0.3) is 0 Å². The Morgan fingerprint density at radius 2 is 0.731 bits per heavy atom. The van der Waals surface area contributed by atoms with E-state index < -0.39 is 11.9 Å². The fraction of sp³-hybridized carbons (Fsp3) is 0.714. The molecule has 2 heterocycles. The number of nitrogens with zero attached hydrogens (tertiary/aromatic N) is 2. The third-order valence-electron chi connectivity index (χ3n) is 9.93. The lowest BCUT2D eigenvalue weighted by atomic mass is 10.0. The number of nitrogens with two attached hydrogens (primary N) is 2. The third kappa shape index (κ3) is 25.7. The Morgan fingerprint density at radius 1 is 0.500 bits per heavy atom. The van der Waals surface area contributed by atoms with Gasteiger partial charge in [0.2, 0.25) is 11.8 Å². The smallest absolute Gasteiger partial charge is 0.248 e. The summed E-state index contributed by atoms with van der Waals surface area (Å²) in [4.78, 5) is 41.2. The summed E-state index contributed by atoms with van der Waals surface area (Å²) in [5, 5.41) is 17.8. The molecule has 2 amide bonds. The van der Waals surface area contributed by atoms with Gasteiger partial charge in [-0.05, 0) is 77.4 Å². The Hall–Kier alpha value is -3.24. The van der Waals surface area contributed by atoms with E-state index in [2.05, 4.69) is 38.4 Å². The molecule has 0 aromatic rings. The van der Waals surface area contributed by atoms with Gasteiger partial charge in [0.15, 0.2) is 0 Å².